The molecule has 0 amide bonds. The van der Waals surface area contributed by atoms with Crippen LogP contribution in [0.4, 0.5) is 15.8 Å². The lowest BCUT2D eigenvalue weighted by atomic mass is 10.1. The Hall–Kier alpha value is -2.65. The lowest BCUT2D eigenvalue weighted by Crippen LogP contribution is -2.47. The van der Waals surface area contributed by atoms with Gasteiger partial charge in [-0.15, -0.1) is 0 Å². The maximum Gasteiger partial charge on any atom is 0.341 e. The summed E-state index contributed by atoms with van der Waals surface area (Å²) in [5, 5.41) is 12.8. The van der Waals surface area contributed by atoms with Gasteiger partial charge in [-0.2, -0.15) is 0 Å². The molecule has 2 atom stereocenters. The minimum absolute atomic E-state index is 0.0107. The summed E-state index contributed by atoms with van der Waals surface area (Å²) in [6.07, 6.45) is 3.05. The van der Waals surface area contributed by atoms with Crippen LogP contribution in [-0.4, -0.2) is 54.0 Å². The van der Waals surface area contributed by atoms with Crippen LogP contribution in [0.15, 0.2) is 17.1 Å². The van der Waals surface area contributed by atoms with Crippen LogP contribution in [-0.2, 0) is 4.74 Å². The van der Waals surface area contributed by atoms with Crippen molar-refractivity contribution in [2.45, 2.75) is 31.0 Å². The lowest BCUT2D eigenvalue weighted by molar-refractivity contribution is 0.0212. The number of nitrogen functional groups attached to an aromatic ring is 1. The van der Waals surface area contributed by atoms with Gasteiger partial charge in [-0.25, -0.2) is 9.18 Å². The van der Waals surface area contributed by atoms with E-state index in [1.807, 2.05) is 4.90 Å². The van der Waals surface area contributed by atoms with Crippen LogP contribution in [0.3, 0.4) is 0 Å². The molecule has 1 aromatic carbocycles. The molecule has 3 heterocycles. The van der Waals surface area contributed by atoms with Gasteiger partial charge in [0.25, 0.3) is 0 Å². The summed E-state index contributed by atoms with van der Waals surface area (Å²) in [6.45, 7) is 2.43. The molecule has 2 saturated heterocycles. The zero-order valence-electron chi connectivity index (χ0n) is 15.2. The van der Waals surface area contributed by atoms with Crippen LogP contribution < -0.4 is 21.4 Å². The van der Waals surface area contributed by atoms with Gasteiger partial charge < -0.3 is 30.4 Å². The highest BCUT2D eigenvalue weighted by atomic mass is 19.1. The van der Waals surface area contributed by atoms with Crippen molar-refractivity contribution in [3.63, 3.8) is 0 Å². The van der Waals surface area contributed by atoms with Crippen molar-refractivity contribution in [3.8, 4) is 0 Å². The van der Waals surface area contributed by atoms with Gasteiger partial charge in [0.2, 0.25) is 5.43 Å². The number of pyridine rings is 1. The van der Waals surface area contributed by atoms with Gasteiger partial charge in [-0.1, -0.05) is 0 Å². The monoisotopic (exact) mass is 388 g/mol. The van der Waals surface area contributed by atoms with Crippen LogP contribution >= 0.6 is 0 Å². The first-order valence-electron chi connectivity index (χ1n) is 9.45. The highest BCUT2D eigenvalue weighted by Gasteiger charge is 2.38. The summed E-state index contributed by atoms with van der Waals surface area (Å²) in [6, 6.07) is 1.31. The summed E-state index contributed by atoms with van der Waals surface area (Å²) < 4.78 is 22.6. The number of halogens is 1. The van der Waals surface area contributed by atoms with Gasteiger partial charge in [0.15, 0.2) is 0 Å². The molecule has 28 heavy (non-hydrogen) atoms. The maximum atomic E-state index is 15.1. The number of ether oxygens (including phenoxy) is 1. The Kier molecular flexibility index (Phi) is 3.85. The molecule has 1 aliphatic carbocycles. The van der Waals surface area contributed by atoms with Gasteiger partial charge in [0.1, 0.15) is 11.4 Å². The highest BCUT2D eigenvalue weighted by Crippen LogP contribution is 2.42. The highest BCUT2D eigenvalue weighted by molar-refractivity contribution is 6.00. The van der Waals surface area contributed by atoms with E-state index in [1.54, 1.807) is 4.57 Å². The van der Waals surface area contributed by atoms with Crippen LogP contribution in [0, 0.1) is 5.82 Å². The third-order valence-electron chi connectivity index (χ3n) is 5.87. The molecule has 2 aromatic rings. The van der Waals surface area contributed by atoms with Crippen molar-refractivity contribution >= 4 is 28.2 Å². The van der Waals surface area contributed by atoms with Crippen LogP contribution in [0.2, 0.25) is 0 Å². The van der Waals surface area contributed by atoms with Crippen LogP contribution in [0.25, 0.3) is 10.9 Å². The number of carboxylic acids is 1. The molecule has 1 saturated carbocycles. The van der Waals surface area contributed by atoms with Crippen LogP contribution in [0.1, 0.15) is 29.2 Å². The number of rotatable bonds is 3. The van der Waals surface area contributed by atoms with Gasteiger partial charge in [0, 0.05) is 31.9 Å². The molecule has 0 unspecified atom stereocenters. The maximum absolute atomic E-state index is 15.1. The zero-order chi connectivity index (χ0) is 19.6. The predicted octanol–water partition coefficient (Wildman–Crippen LogP) is 0.933. The predicted molar refractivity (Wildman–Crippen MR) is 102 cm³/mol. The number of nitrogens with one attached hydrogen (secondary N) is 1. The molecule has 9 heteroatoms. The van der Waals surface area contributed by atoms with Gasteiger partial charge in [0.05, 0.1) is 41.0 Å². The van der Waals surface area contributed by atoms with Gasteiger partial charge in [-0.05, 0) is 18.9 Å². The zero-order valence-corrected chi connectivity index (χ0v) is 15.2. The number of carboxylic acid groups (broad SMARTS) is 1. The summed E-state index contributed by atoms with van der Waals surface area (Å²) in [5.74, 6) is -1.94. The number of fused-ring (bicyclic) bond motifs is 2. The number of nitrogens with zero attached hydrogens (tertiary/aromatic N) is 2. The van der Waals surface area contributed by atoms with Crippen molar-refractivity contribution in [1.82, 2.24) is 9.88 Å². The summed E-state index contributed by atoms with van der Waals surface area (Å²) in [7, 11) is 0. The molecule has 1 aromatic heterocycles. The average molecular weight is 388 g/mol. The number of hydrogen-bond donors (Lipinski definition) is 3. The molecular weight excluding hydrogens is 367 g/mol. The third-order valence-corrected chi connectivity index (χ3v) is 5.87. The van der Waals surface area contributed by atoms with Crippen molar-refractivity contribution in [2.75, 3.05) is 36.9 Å². The second-order valence-electron chi connectivity index (χ2n) is 7.71. The quantitative estimate of drug-likeness (QED) is 0.671. The largest absolute Gasteiger partial charge is 0.477 e. The smallest absolute Gasteiger partial charge is 0.341 e. The normalized spacial score (nSPS) is 24.5. The Morgan fingerprint density at radius 2 is 2.14 bits per heavy atom. The molecule has 4 N–H and O–H groups in total. The van der Waals surface area contributed by atoms with E-state index >= 15 is 4.39 Å². The Labute approximate surface area is 159 Å². The number of anilines is 2. The Balaban J connectivity index is 1.70. The summed E-state index contributed by atoms with van der Waals surface area (Å²) in [4.78, 5) is 26.0. The fourth-order valence-corrected chi connectivity index (χ4v) is 4.40. The third kappa shape index (κ3) is 2.57. The lowest BCUT2D eigenvalue weighted by Gasteiger charge is -2.25. The standard InChI is InChI=1S/C19H21FN4O4/c20-12-5-10-16(24(9-1-2-9)6-11(18(10)25)19(26)27)15(21)17(12)23-7-13-14(8-23)28-4-3-22-13/h5-6,9,13-14,22H,1-4,7-8,21H2,(H,26,27)/t13-,14-/m0/s1. The number of aromatic nitrogens is 1. The molecule has 0 spiro atoms. The fraction of sp³-hybridized carbons (Fsp3) is 0.474. The van der Waals surface area contributed by atoms with E-state index in [1.165, 1.54) is 6.20 Å². The Bertz CT molecular complexity index is 1030. The Morgan fingerprint density at radius 1 is 1.36 bits per heavy atom. The molecule has 3 fully saturated rings. The first kappa shape index (κ1) is 17.4. The molecule has 0 radical (unpaired) electrons. The molecule has 5 rings (SSSR count). The SMILES string of the molecule is Nc1c(N2C[C@@H]3NCCO[C@H]3C2)c(F)cc2c(=O)c(C(=O)O)cn(C3CC3)c12. The van der Waals surface area contributed by atoms with E-state index in [0.717, 1.165) is 25.5 Å². The van der Waals surface area contributed by atoms with Crippen molar-refractivity contribution in [3.05, 3.63) is 33.9 Å². The van der Waals surface area contributed by atoms with E-state index in [2.05, 4.69) is 5.32 Å². The number of morpholine rings is 1. The molecule has 2 aliphatic heterocycles. The van der Waals surface area contributed by atoms with E-state index in [-0.39, 0.29) is 40.5 Å². The number of nitrogens with two attached hydrogens (primary N) is 1. The first-order valence-corrected chi connectivity index (χ1v) is 9.45. The molecule has 3 aliphatic rings. The molecule has 0 bridgehead atoms. The summed E-state index contributed by atoms with van der Waals surface area (Å²) in [5.41, 5.74) is 6.17. The van der Waals surface area contributed by atoms with Gasteiger partial charge >= 0.3 is 5.97 Å². The second kappa shape index (κ2) is 6.18. The van der Waals surface area contributed by atoms with E-state index < -0.39 is 17.2 Å². The van der Waals surface area contributed by atoms with Crippen molar-refractivity contribution in [2.24, 2.45) is 0 Å². The Morgan fingerprint density at radius 3 is 2.82 bits per heavy atom. The number of hydrogen-bond acceptors (Lipinski definition) is 6. The minimum Gasteiger partial charge on any atom is -0.477 e. The molecular formula is C19H21FN4O4. The fourth-order valence-electron chi connectivity index (χ4n) is 4.40. The van der Waals surface area contributed by atoms with E-state index in [9.17, 15) is 14.7 Å². The molecule has 8 nitrogen and oxygen atoms in total. The van der Waals surface area contributed by atoms with Gasteiger partial charge in [-0.3, -0.25) is 4.79 Å². The number of carbonyl (C=O) groups is 1. The van der Waals surface area contributed by atoms with Crippen LogP contribution in [0.5, 0.6) is 0 Å². The van der Waals surface area contributed by atoms with E-state index in [4.69, 9.17) is 10.5 Å². The molecule has 148 valence electrons. The topological polar surface area (TPSA) is 110 Å². The first-order chi connectivity index (χ1) is 13.5. The average Bonchev–Trinajstić information content (AvgIpc) is 3.41. The van der Waals surface area contributed by atoms with Crippen molar-refractivity contribution in [1.29, 1.82) is 0 Å². The second-order valence-corrected chi connectivity index (χ2v) is 7.71. The summed E-state index contributed by atoms with van der Waals surface area (Å²) >= 11 is 0. The van der Waals surface area contributed by atoms with Crippen molar-refractivity contribution < 1.29 is 19.0 Å². The minimum atomic E-state index is -1.32. The number of aromatic carboxylic acids is 1. The van der Waals surface area contributed by atoms with E-state index in [0.29, 0.717) is 25.2 Å². The number of benzene rings is 1.